The Morgan fingerprint density at radius 3 is 2.30 bits per heavy atom. The van der Waals surface area contributed by atoms with Crippen LogP contribution < -0.4 is 19.5 Å². The quantitative estimate of drug-likeness (QED) is 0.790. The first-order chi connectivity index (χ1) is 11.2. The van der Waals surface area contributed by atoms with Crippen molar-refractivity contribution < 1.29 is 14.2 Å². The molecule has 0 heterocycles. The molecule has 0 saturated carbocycles. The Balaban J connectivity index is 2.05. The molecule has 1 N–H and O–H groups in total. The van der Waals surface area contributed by atoms with Gasteiger partial charge in [-0.1, -0.05) is 29.8 Å². The molecule has 23 heavy (non-hydrogen) atoms. The first-order valence-corrected chi connectivity index (χ1v) is 7.89. The summed E-state index contributed by atoms with van der Waals surface area (Å²) in [5.74, 6) is 2.22. The molecule has 0 amide bonds. The third kappa shape index (κ3) is 4.53. The van der Waals surface area contributed by atoms with E-state index in [9.17, 15) is 0 Å². The molecule has 124 valence electrons. The van der Waals surface area contributed by atoms with E-state index in [-0.39, 0.29) is 0 Å². The molecule has 0 aliphatic carbocycles. The summed E-state index contributed by atoms with van der Waals surface area (Å²) in [6.45, 7) is 3.81. The van der Waals surface area contributed by atoms with Gasteiger partial charge in [0.1, 0.15) is 5.75 Å². The smallest absolute Gasteiger partial charge is 0.162 e. The van der Waals surface area contributed by atoms with E-state index >= 15 is 0 Å². The number of hydrogen-bond donors (Lipinski definition) is 1. The van der Waals surface area contributed by atoms with Crippen molar-refractivity contribution in [3.05, 3.63) is 52.5 Å². The van der Waals surface area contributed by atoms with Crippen LogP contribution in [-0.2, 0) is 13.1 Å². The predicted molar refractivity (Wildman–Crippen MR) is 92.7 cm³/mol. The largest absolute Gasteiger partial charge is 0.496 e. The van der Waals surface area contributed by atoms with E-state index in [0.29, 0.717) is 36.2 Å². The maximum atomic E-state index is 6.33. The minimum Gasteiger partial charge on any atom is -0.496 e. The van der Waals surface area contributed by atoms with Crippen molar-refractivity contribution in [2.75, 3.05) is 20.8 Å². The lowest BCUT2D eigenvalue weighted by molar-refractivity contribution is 0.310. The highest BCUT2D eigenvalue weighted by molar-refractivity contribution is 6.31. The van der Waals surface area contributed by atoms with Gasteiger partial charge in [0.25, 0.3) is 0 Å². The van der Waals surface area contributed by atoms with Crippen LogP contribution in [0.4, 0.5) is 0 Å². The second-order valence-electron chi connectivity index (χ2n) is 4.94. The summed E-state index contributed by atoms with van der Waals surface area (Å²) in [5.41, 5.74) is 2.06. The van der Waals surface area contributed by atoms with Gasteiger partial charge in [-0.3, -0.25) is 0 Å². The van der Waals surface area contributed by atoms with Gasteiger partial charge in [-0.2, -0.15) is 0 Å². The van der Waals surface area contributed by atoms with Gasteiger partial charge in [0.05, 0.1) is 20.8 Å². The van der Waals surface area contributed by atoms with Crippen LogP contribution in [-0.4, -0.2) is 20.8 Å². The second-order valence-corrected chi connectivity index (χ2v) is 5.35. The number of ether oxygens (including phenoxy) is 3. The fourth-order valence-electron chi connectivity index (χ4n) is 2.32. The molecule has 0 bridgehead atoms. The lowest BCUT2D eigenvalue weighted by atomic mass is 10.1. The highest BCUT2D eigenvalue weighted by atomic mass is 35.5. The first kappa shape index (κ1) is 17.4. The van der Waals surface area contributed by atoms with Crippen LogP contribution in [0.5, 0.6) is 17.2 Å². The maximum absolute atomic E-state index is 6.33. The van der Waals surface area contributed by atoms with Crippen LogP contribution in [0.15, 0.2) is 36.4 Å². The van der Waals surface area contributed by atoms with Gasteiger partial charge in [-0.15, -0.1) is 0 Å². The Labute approximate surface area is 142 Å². The zero-order valence-electron chi connectivity index (χ0n) is 13.7. The van der Waals surface area contributed by atoms with E-state index in [2.05, 4.69) is 5.32 Å². The van der Waals surface area contributed by atoms with E-state index in [1.807, 2.05) is 37.3 Å². The molecule has 0 aliphatic heterocycles. The van der Waals surface area contributed by atoms with Crippen LogP contribution in [0, 0.1) is 0 Å². The number of hydrogen-bond acceptors (Lipinski definition) is 4. The Morgan fingerprint density at radius 1 is 0.913 bits per heavy atom. The molecule has 5 heteroatoms. The molecule has 4 nitrogen and oxygen atoms in total. The number of nitrogens with one attached hydrogen (secondary N) is 1. The van der Waals surface area contributed by atoms with Gasteiger partial charge in [0, 0.05) is 29.7 Å². The molecule has 0 fully saturated rings. The molecular formula is C18H22ClNO3. The molecule has 0 saturated heterocycles. The first-order valence-electron chi connectivity index (χ1n) is 7.51. The van der Waals surface area contributed by atoms with Crippen molar-refractivity contribution in [3.8, 4) is 17.2 Å². The Bertz CT molecular complexity index is 646. The zero-order chi connectivity index (χ0) is 16.7. The SMILES string of the molecule is CCOc1cc(Cl)c(CNCc2ccccc2OC)cc1OC. The summed E-state index contributed by atoms with van der Waals surface area (Å²) in [7, 11) is 3.30. The fraction of sp³-hybridized carbons (Fsp3) is 0.333. The van der Waals surface area contributed by atoms with Crippen molar-refractivity contribution in [1.82, 2.24) is 5.32 Å². The Morgan fingerprint density at radius 2 is 1.61 bits per heavy atom. The fourth-order valence-corrected chi connectivity index (χ4v) is 2.54. The minimum atomic E-state index is 0.568. The van der Waals surface area contributed by atoms with E-state index in [0.717, 1.165) is 16.9 Å². The third-order valence-corrected chi connectivity index (χ3v) is 3.81. The molecule has 0 unspecified atom stereocenters. The monoisotopic (exact) mass is 335 g/mol. The summed E-state index contributed by atoms with van der Waals surface area (Å²) in [6.07, 6.45) is 0. The van der Waals surface area contributed by atoms with E-state index in [1.165, 1.54) is 0 Å². The minimum absolute atomic E-state index is 0.568. The standard InChI is InChI=1S/C18H22ClNO3/c1-4-23-18-10-15(19)14(9-17(18)22-3)12-20-11-13-7-5-6-8-16(13)21-2/h5-10,20H,4,11-12H2,1-3H3. The van der Waals surface area contributed by atoms with Crippen molar-refractivity contribution in [3.63, 3.8) is 0 Å². The molecule has 2 aromatic rings. The van der Waals surface area contributed by atoms with E-state index < -0.39 is 0 Å². The van der Waals surface area contributed by atoms with Crippen LogP contribution in [0.2, 0.25) is 5.02 Å². The van der Waals surface area contributed by atoms with Crippen molar-refractivity contribution in [2.45, 2.75) is 20.0 Å². The van der Waals surface area contributed by atoms with Gasteiger partial charge >= 0.3 is 0 Å². The van der Waals surface area contributed by atoms with Gasteiger partial charge in [-0.25, -0.2) is 0 Å². The average molecular weight is 336 g/mol. The van der Waals surface area contributed by atoms with Gasteiger partial charge < -0.3 is 19.5 Å². The van der Waals surface area contributed by atoms with Gasteiger partial charge in [0.2, 0.25) is 0 Å². The summed E-state index contributed by atoms with van der Waals surface area (Å²) < 4.78 is 16.2. The molecule has 2 aromatic carbocycles. The molecule has 0 atom stereocenters. The second kappa shape index (κ2) is 8.65. The number of rotatable bonds is 8. The summed E-state index contributed by atoms with van der Waals surface area (Å²) in [5, 5.41) is 4.03. The summed E-state index contributed by atoms with van der Waals surface area (Å²) in [6, 6.07) is 11.6. The molecule has 2 rings (SSSR count). The third-order valence-electron chi connectivity index (χ3n) is 3.46. The van der Waals surface area contributed by atoms with Crippen LogP contribution in [0.3, 0.4) is 0 Å². The average Bonchev–Trinajstić information content (AvgIpc) is 2.57. The summed E-state index contributed by atoms with van der Waals surface area (Å²) >= 11 is 6.33. The molecular weight excluding hydrogens is 314 g/mol. The van der Waals surface area contributed by atoms with E-state index in [1.54, 1.807) is 20.3 Å². The van der Waals surface area contributed by atoms with Gasteiger partial charge in [0.15, 0.2) is 11.5 Å². The van der Waals surface area contributed by atoms with Crippen LogP contribution in [0.25, 0.3) is 0 Å². The highest BCUT2D eigenvalue weighted by Gasteiger charge is 2.10. The Hall–Kier alpha value is -1.91. The maximum Gasteiger partial charge on any atom is 0.162 e. The molecule has 0 spiro atoms. The topological polar surface area (TPSA) is 39.7 Å². The zero-order valence-corrected chi connectivity index (χ0v) is 14.4. The number of para-hydroxylation sites is 1. The van der Waals surface area contributed by atoms with Crippen molar-refractivity contribution in [1.29, 1.82) is 0 Å². The normalized spacial score (nSPS) is 10.4. The molecule has 0 aliphatic rings. The summed E-state index contributed by atoms with van der Waals surface area (Å²) in [4.78, 5) is 0. The molecule has 0 radical (unpaired) electrons. The number of benzene rings is 2. The number of halogens is 1. The van der Waals surface area contributed by atoms with E-state index in [4.69, 9.17) is 25.8 Å². The molecule has 0 aromatic heterocycles. The van der Waals surface area contributed by atoms with Crippen LogP contribution >= 0.6 is 11.6 Å². The number of methoxy groups -OCH3 is 2. The van der Waals surface area contributed by atoms with Gasteiger partial charge in [-0.05, 0) is 24.6 Å². The lowest BCUT2D eigenvalue weighted by Crippen LogP contribution is -2.14. The Kier molecular flexibility index (Phi) is 6.56. The van der Waals surface area contributed by atoms with Crippen molar-refractivity contribution >= 4 is 11.6 Å². The highest BCUT2D eigenvalue weighted by Crippen LogP contribution is 2.33. The predicted octanol–water partition coefficient (Wildman–Crippen LogP) is 4.05. The van der Waals surface area contributed by atoms with Crippen LogP contribution in [0.1, 0.15) is 18.1 Å². The lowest BCUT2D eigenvalue weighted by Gasteiger charge is -2.14. The van der Waals surface area contributed by atoms with Crippen molar-refractivity contribution in [2.24, 2.45) is 0 Å².